The number of rotatable bonds is 6. The summed E-state index contributed by atoms with van der Waals surface area (Å²) in [6, 6.07) is 3.81. The molecule has 0 saturated heterocycles. The lowest BCUT2D eigenvalue weighted by molar-refractivity contribution is 0.177. The molecule has 0 aliphatic heterocycles. The van der Waals surface area contributed by atoms with Crippen molar-refractivity contribution in [3.05, 3.63) is 24.5 Å². The lowest BCUT2D eigenvalue weighted by atomic mass is 9.95. The Balaban J connectivity index is 2.35. The van der Waals surface area contributed by atoms with Crippen LogP contribution >= 0.6 is 0 Å². The van der Waals surface area contributed by atoms with E-state index in [1.807, 2.05) is 12.1 Å². The first-order valence-corrected chi connectivity index (χ1v) is 5.37. The molecule has 0 atom stereocenters. The highest BCUT2D eigenvalue weighted by Crippen LogP contribution is 2.16. The highest BCUT2D eigenvalue weighted by Gasteiger charge is 2.17. The molecule has 0 fully saturated rings. The Morgan fingerprint density at radius 2 is 2.27 bits per heavy atom. The van der Waals surface area contributed by atoms with Crippen molar-refractivity contribution in [2.24, 2.45) is 5.41 Å². The Morgan fingerprint density at radius 3 is 2.87 bits per heavy atom. The van der Waals surface area contributed by atoms with Crippen molar-refractivity contribution in [1.29, 1.82) is 0 Å². The van der Waals surface area contributed by atoms with E-state index >= 15 is 0 Å². The second-order valence-corrected chi connectivity index (χ2v) is 4.42. The molecule has 0 unspecified atom stereocenters. The molecule has 3 heteroatoms. The Kier molecular flexibility index (Phi) is 4.56. The molecule has 0 aromatic carbocycles. The number of nitrogens with one attached hydrogen (secondary N) is 1. The quantitative estimate of drug-likeness (QED) is 0.777. The van der Waals surface area contributed by atoms with Gasteiger partial charge in [-0.2, -0.15) is 0 Å². The third kappa shape index (κ3) is 4.79. The Labute approximate surface area is 91.9 Å². The molecule has 0 aliphatic carbocycles. The van der Waals surface area contributed by atoms with E-state index in [4.69, 9.17) is 4.74 Å². The lowest BCUT2D eigenvalue weighted by Crippen LogP contribution is -2.34. The molecule has 0 bridgehead atoms. The number of ether oxygens (including phenoxy) is 1. The Hall–Kier alpha value is -1.09. The first-order chi connectivity index (χ1) is 7.14. The zero-order valence-electron chi connectivity index (χ0n) is 9.79. The van der Waals surface area contributed by atoms with E-state index in [1.54, 1.807) is 12.4 Å². The van der Waals surface area contributed by atoms with E-state index in [0.717, 1.165) is 18.8 Å². The minimum absolute atomic E-state index is 0.145. The lowest BCUT2D eigenvalue weighted by Gasteiger charge is -2.24. The van der Waals surface area contributed by atoms with Gasteiger partial charge in [-0.25, -0.2) is 0 Å². The third-order valence-corrected chi connectivity index (χ3v) is 2.12. The van der Waals surface area contributed by atoms with Gasteiger partial charge in [0.1, 0.15) is 5.75 Å². The van der Waals surface area contributed by atoms with Gasteiger partial charge in [-0.3, -0.25) is 4.98 Å². The number of hydrogen-bond donors (Lipinski definition) is 1. The zero-order chi connectivity index (χ0) is 11.1. The summed E-state index contributed by atoms with van der Waals surface area (Å²) in [5.41, 5.74) is 0.145. The molecule has 1 aromatic rings. The van der Waals surface area contributed by atoms with E-state index in [1.165, 1.54) is 0 Å². The molecule has 0 radical (unpaired) electrons. The maximum absolute atomic E-state index is 5.67. The fourth-order valence-electron chi connectivity index (χ4n) is 1.23. The Bertz CT molecular complexity index is 272. The van der Waals surface area contributed by atoms with Crippen LogP contribution in [-0.2, 0) is 0 Å². The molecule has 0 amide bonds. The average Bonchev–Trinajstić information content (AvgIpc) is 2.25. The molecular weight excluding hydrogens is 188 g/mol. The molecule has 1 heterocycles. The topological polar surface area (TPSA) is 34.1 Å². The predicted octanol–water partition coefficient (Wildman–Crippen LogP) is 2.10. The monoisotopic (exact) mass is 208 g/mol. The van der Waals surface area contributed by atoms with Gasteiger partial charge in [0, 0.05) is 18.2 Å². The van der Waals surface area contributed by atoms with Crippen LogP contribution in [-0.4, -0.2) is 24.7 Å². The summed E-state index contributed by atoms with van der Waals surface area (Å²) in [5.74, 6) is 0.835. The summed E-state index contributed by atoms with van der Waals surface area (Å²) < 4.78 is 5.67. The van der Waals surface area contributed by atoms with E-state index in [-0.39, 0.29) is 5.41 Å². The maximum Gasteiger partial charge on any atom is 0.137 e. The number of hydrogen-bond acceptors (Lipinski definition) is 3. The molecule has 84 valence electrons. The molecule has 0 aliphatic rings. The normalized spacial score (nSPS) is 11.4. The van der Waals surface area contributed by atoms with Crippen LogP contribution in [0.25, 0.3) is 0 Å². The molecule has 0 spiro atoms. The first kappa shape index (κ1) is 12.0. The largest absolute Gasteiger partial charge is 0.491 e. The number of nitrogens with zero attached hydrogens (tertiary/aromatic N) is 1. The van der Waals surface area contributed by atoms with E-state index < -0.39 is 0 Å². The molecule has 0 saturated carbocycles. The highest BCUT2D eigenvalue weighted by molar-refractivity contribution is 5.15. The van der Waals surface area contributed by atoms with Crippen molar-refractivity contribution in [1.82, 2.24) is 10.3 Å². The van der Waals surface area contributed by atoms with Crippen molar-refractivity contribution < 1.29 is 4.74 Å². The van der Waals surface area contributed by atoms with Crippen molar-refractivity contribution in [2.75, 3.05) is 19.7 Å². The van der Waals surface area contributed by atoms with E-state index in [2.05, 4.69) is 31.1 Å². The molecular formula is C12H20N2O. The molecule has 1 aromatic heterocycles. The third-order valence-electron chi connectivity index (χ3n) is 2.12. The van der Waals surface area contributed by atoms with Crippen LogP contribution in [0.5, 0.6) is 5.75 Å². The first-order valence-electron chi connectivity index (χ1n) is 5.37. The van der Waals surface area contributed by atoms with Gasteiger partial charge in [-0.1, -0.05) is 20.8 Å². The van der Waals surface area contributed by atoms with Gasteiger partial charge in [-0.05, 0) is 18.7 Å². The molecule has 1 rings (SSSR count). The van der Waals surface area contributed by atoms with E-state index in [9.17, 15) is 0 Å². The average molecular weight is 208 g/mol. The second kappa shape index (κ2) is 5.71. The van der Waals surface area contributed by atoms with Crippen molar-refractivity contribution >= 4 is 0 Å². The van der Waals surface area contributed by atoms with Crippen LogP contribution in [0.15, 0.2) is 24.5 Å². The molecule has 3 nitrogen and oxygen atoms in total. The zero-order valence-corrected chi connectivity index (χ0v) is 9.79. The maximum atomic E-state index is 5.67. The van der Waals surface area contributed by atoms with Crippen LogP contribution in [0, 0.1) is 5.41 Å². The van der Waals surface area contributed by atoms with Gasteiger partial charge in [0.05, 0.1) is 12.8 Å². The summed E-state index contributed by atoms with van der Waals surface area (Å²) >= 11 is 0. The summed E-state index contributed by atoms with van der Waals surface area (Å²) in [5, 5.41) is 3.33. The number of pyridine rings is 1. The minimum atomic E-state index is 0.145. The number of aromatic nitrogens is 1. The second-order valence-electron chi connectivity index (χ2n) is 4.42. The van der Waals surface area contributed by atoms with Gasteiger partial charge < -0.3 is 10.1 Å². The standard InChI is InChI=1S/C12H20N2O/c1-4-13-9-12(2,3)10-15-11-6-5-7-14-8-11/h5-8,13H,4,9-10H2,1-3H3. The van der Waals surface area contributed by atoms with Gasteiger partial charge in [0.25, 0.3) is 0 Å². The summed E-state index contributed by atoms with van der Waals surface area (Å²) in [4.78, 5) is 4.01. The van der Waals surface area contributed by atoms with Gasteiger partial charge in [0.15, 0.2) is 0 Å². The van der Waals surface area contributed by atoms with Gasteiger partial charge >= 0.3 is 0 Å². The van der Waals surface area contributed by atoms with Crippen molar-refractivity contribution in [2.45, 2.75) is 20.8 Å². The minimum Gasteiger partial charge on any atom is -0.491 e. The van der Waals surface area contributed by atoms with Crippen LogP contribution < -0.4 is 10.1 Å². The summed E-state index contributed by atoms with van der Waals surface area (Å²) in [7, 11) is 0. The smallest absolute Gasteiger partial charge is 0.137 e. The fourth-order valence-corrected chi connectivity index (χ4v) is 1.23. The summed E-state index contributed by atoms with van der Waals surface area (Å²) in [6.07, 6.45) is 3.49. The molecule has 15 heavy (non-hydrogen) atoms. The van der Waals surface area contributed by atoms with Gasteiger partial charge in [-0.15, -0.1) is 0 Å². The van der Waals surface area contributed by atoms with E-state index in [0.29, 0.717) is 6.61 Å². The molecule has 1 N–H and O–H groups in total. The van der Waals surface area contributed by atoms with Crippen molar-refractivity contribution in [3.63, 3.8) is 0 Å². The van der Waals surface area contributed by atoms with Crippen LogP contribution in [0.1, 0.15) is 20.8 Å². The van der Waals surface area contributed by atoms with Crippen molar-refractivity contribution in [3.8, 4) is 5.75 Å². The highest BCUT2D eigenvalue weighted by atomic mass is 16.5. The van der Waals surface area contributed by atoms with Gasteiger partial charge in [0.2, 0.25) is 0 Å². The van der Waals surface area contributed by atoms with Crippen LogP contribution in [0.3, 0.4) is 0 Å². The van der Waals surface area contributed by atoms with Crippen LogP contribution in [0.2, 0.25) is 0 Å². The SMILES string of the molecule is CCNCC(C)(C)COc1cccnc1. The predicted molar refractivity (Wildman–Crippen MR) is 62.1 cm³/mol. The Morgan fingerprint density at radius 1 is 1.47 bits per heavy atom. The summed E-state index contributed by atoms with van der Waals surface area (Å²) in [6.45, 7) is 9.14. The fraction of sp³-hybridized carbons (Fsp3) is 0.583. The van der Waals surface area contributed by atoms with Crippen LogP contribution in [0.4, 0.5) is 0 Å².